The summed E-state index contributed by atoms with van der Waals surface area (Å²) in [5.74, 6) is 0.502. The van der Waals surface area contributed by atoms with E-state index < -0.39 is 0 Å². The molecule has 0 radical (unpaired) electrons. The lowest BCUT2D eigenvalue weighted by molar-refractivity contribution is -0.121. The van der Waals surface area contributed by atoms with E-state index in [2.05, 4.69) is 27.1 Å². The van der Waals surface area contributed by atoms with Crippen LogP contribution in [-0.2, 0) is 16.0 Å². The second-order valence-corrected chi connectivity index (χ2v) is 8.19. The fourth-order valence-electron chi connectivity index (χ4n) is 3.02. The average molecular weight is 437 g/mol. The molecule has 2 heterocycles. The minimum absolute atomic E-state index is 0.0118. The number of hydrogen-bond acceptors (Lipinski definition) is 7. The van der Waals surface area contributed by atoms with E-state index in [0.717, 1.165) is 49.0 Å². The molecular formula is C20H25ClN4O3S. The summed E-state index contributed by atoms with van der Waals surface area (Å²) >= 11 is 7.87. The van der Waals surface area contributed by atoms with E-state index in [1.807, 2.05) is 17.5 Å². The lowest BCUT2D eigenvalue weighted by Crippen LogP contribution is -2.45. The zero-order valence-corrected chi connectivity index (χ0v) is 18.0. The summed E-state index contributed by atoms with van der Waals surface area (Å²) in [6.07, 6.45) is 0.786. The molecule has 29 heavy (non-hydrogen) atoms. The van der Waals surface area contributed by atoms with Crippen LogP contribution in [0.15, 0.2) is 23.6 Å². The van der Waals surface area contributed by atoms with Gasteiger partial charge in [-0.25, -0.2) is 4.98 Å². The highest BCUT2D eigenvalue weighted by molar-refractivity contribution is 7.13. The largest absolute Gasteiger partial charge is 0.492 e. The second-order valence-electron chi connectivity index (χ2n) is 6.93. The van der Waals surface area contributed by atoms with Crippen LogP contribution in [0.4, 0.5) is 0 Å². The summed E-state index contributed by atoms with van der Waals surface area (Å²) in [4.78, 5) is 31.2. The summed E-state index contributed by atoms with van der Waals surface area (Å²) in [6.45, 7) is 5.85. The van der Waals surface area contributed by atoms with Gasteiger partial charge in [-0.3, -0.25) is 9.69 Å². The third-order valence-corrected chi connectivity index (χ3v) is 5.96. The molecule has 0 saturated carbocycles. The van der Waals surface area contributed by atoms with Crippen LogP contribution in [0.3, 0.4) is 0 Å². The number of halogens is 1. The zero-order chi connectivity index (χ0) is 20.6. The number of benzene rings is 1. The molecule has 0 atom stereocenters. The van der Waals surface area contributed by atoms with Gasteiger partial charge in [-0.05, 0) is 25.2 Å². The van der Waals surface area contributed by atoms with Gasteiger partial charge in [0.05, 0.1) is 23.7 Å². The number of nitrogens with zero attached hydrogens (tertiary/aromatic N) is 3. The molecule has 1 aliphatic heterocycles. The summed E-state index contributed by atoms with van der Waals surface area (Å²) in [6, 6.07) is 5.59. The Morgan fingerprint density at radius 3 is 2.86 bits per heavy atom. The molecule has 1 aromatic carbocycles. The number of carbonyl (C=O) groups excluding carboxylic acids is 2. The van der Waals surface area contributed by atoms with E-state index in [4.69, 9.17) is 16.3 Å². The minimum atomic E-state index is -0.232. The number of piperazine rings is 1. The summed E-state index contributed by atoms with van der Waals surface area (Å²) in [7, 11) is 2.14. The van der Waals surface area contributed by atoms with Crippen molar-refractivity contribution in [1.29, 1.82) is 0 Å². The maximum absolute atomic E-state index is 11.7. The SMILES string of the molecule is CN1CCN(CCOc2ccc(-c3nc(CC(=O)NCC=O)cs3)c(Cl)c2)CC1. The van der Waals surface area contributed by atoms with Crippen LogP contribution in [-0.4, -0.2) is 79.9 Å². The maximum Gasteiger partial charge on any atom is 0.226 e. The van der Waals surface area contributed by atoms with E-state index >= 15 is 0 Å². The number of nitrogens with one attached hydrogen (secondary N) is 1. The van der Waals surface area contributed by atoms with Crippen LogP contribution in [0.25, 0.3) is 10.6 Å². The summed E-state index contributed by atoms with van der Waals surface area (Å²) in [5, 5.41) is 5.64. The number of thiazole rings is 1. The topological polar surface area (TPSA) is 74.8 Å². The lowest BCUT2D eigenvalue weighted by atomic mass is 10.2. The van der Waals surface area contributed by atoms with Crippen LogP contribution in [0.1, 0.15) is 5.69 Å². The number of carbonyl (C=O) groups is 2. The van der Waals surface area contributed by atoms with Crippen molar-refractivity contribution in [2.45, 2.75) is 6.42 Å². The van der Waals surface area contributed by atoms with Gasteiger partial charge < -0.3 is 19.7 Å². The first-order valence-electron chi connectivity index (χ1n) is 9.53. The second kappa shape index (κ2) is 10.7. The molecule has 7 nitrogen and oxygen atoms in total. The van der Waals surface area contributed by atoms with Crippen LogP contribution in [0, 0.1) is 0 Å². The van der Waals surface area contributed by atoms with Crippen molar-refractivity contribution < 1.29 is 14.3 Å². The standard InChI is InChI=1S/C20H25ClN4O3S/c1-24-5-7-25(8-6-24)9-11-28-16-2-3-17(18(21)13-16)20-23-15(14-29-20)12-19(27)22-4-10-26/h2-3,10,13-14H,4-9,11-12H2,1H3,(H,22,27). The van der Waals surface area contributed by atoms with Gasteiger partial charge >= 0.3 is 0 Å². The first-order valence-corrected chi connectivity index (χ1v) is 10.8. The van der Waals surface area contributed by atoms with Crippen molar-refractivity contribution in [1.82, 2.24) is 20.1 Å². The number of aromatic nitrogens is 1. The molecule has 0 spiro atoms. The molecule has 0 unspecified atom stereocenters. The highest BCUT2D eigenvalue weighted by Crippen LogP contribution is 2.33. The van der Waals surface area contributed by atoms with Gasteiger partial charge in [-0.15, -0.1) is 11.3 Å². The molecule has 1 amide bonds. The fourth-order valence-corrected chi connectivity index (χ4v) is 4.19. The molecule has 9 heteroatoms. The third-order valence-electron chi connectivity index (χ3n) is 4.72. The Kier molecular flexibility index (Phi) is 8.00. The Labute approximate surface area is 179 Å². The first-order chi connectivity index (χ1) is 14.0. The van der Waals surface area contributed by atoms with Crippen LogP contribution in [0.2, 0.25) is 5.02 Å². The van der Waals surface area contributed by atoms with Crippen molar-refractivity contribution in [2.24, 2.45) is 0 Å². The van der Waals surface area contributed by atoms with E-state index in [0.29, 0.717) is 23.6 Å². The smallest absolute Gasteiger partial charge is 0.226 e. The van der Waals surface area contributed by atoms with E-state index in [-0.39, 0.29) is 18.9 Å². The van der Waals surface area contributed by atoms with Crippen molar-refractivity contribution in [3.05, 3.63) is 34.3 Å². The first kappa shape index (κ1) is 21.7. The van der Waals surface area contributed by atoms with Crippen molar-refractivity contribution in [2.75, 3.05) is 52.9 Å². The fraction of sp³-hybridized carbons (Fsp3) is 0.450. The average Bonchev–Trinajstić information content (AvgIpc) is 3.16. The quantitative estimate of drug-likeness (QED) is 0.605. The summed E-state index contributed by atoms with van der Waals surface area (Å²) in [5.41, 5.74) is 1.46. The number of ether oxygens (including phenoxy) is 1. The number of likely N-dealkylation sites (N-methyl/N-ethyl adjacent to an activating group) is 1. The molecule has 0 bridgehead atoms. The Bertz CT molecular complexity index is 837. The molecule has 1 N–H and O–H groups in total. The predicted octanol–water partition coefficient (Wildman–Crippen LogP) is 1.95. The van der Waals surface area contributed by atoms with E-state index in [1.54, 1.807) is 6.07 Å². The van der Waals surface area contributed by atoms with Crippen molar-refractivity contribution >= 4 is 35.1 Å². The molecule has 1 fully saturated rings. The number of rotatable bonds is 9. The molecule has 3 rings (SSSR count). The molecule has 1 saturated heterocycles. The predicted molar refractivity (Wildman–Crippen MR) is 115 cm³/mol. The number of amides is 1. The zero-order valence-electron chi connectivity index (χ0n) is 16.4. The number of aldehydes is 1. The Morgan fingerprint density at radius 1 is 1.34 bits per heavy atom. The summed E-state index contributed by atoms with van der Waals surface area (Å²) < 4.78 is 5.86. The third kappa shape index (κ3) is 6.50. The Morgan fingerprint density at radius 2 is 2.14 bits per heavy atom. The van der Waals surface area contributed by atoms with Gasteiger partial charge in [0, 0.05) is 43.7 Å². The Hall–Kier alpha value is -2.00. The molecule has 156 valence electrons. The van der Waals surface area contributed by atoms with Gasteiger partial charge in [0.25, 0.3) is 0 Å². The van der Waals surface area contributed by atoms with Crippen LogP contribution < -0.4 is 10.1 Å². The van der Waals surface area contributed by atoms with E-state index in [1.165, 1.54) is 11.3 Å². The van der Waals surface area contributed by atoms with E-state index in [9.17, 15) is 9.59 Å². The monoisotopic (exact) mass is 436 g/mol. The van der Waals surface area contributed by atoms with Gasteiger partial charge in [0.15, 0.2) is 0 Å². The molecule has 1 aliphatic rings. The molecule has 2 aromatic rings. The van der Waals surface area contributed by atoms with Gasteiger partial charge in [0.1, 0.15) is 23.7 Å². The van der Waals surface area contributed by atoms with Gasteiger partial charge in [0.2, 0.25) is 5.91 Å². The minimum Gasteiger partial charge on any atom is -0.492 e. The molecular weight excluding hydrogens is 412 g/mol. The highest BCUT2D eigenvalue weighted by Gasteiger charge is 2.14. The molecule has 1 aromatic heterocycles. The van der Waals surface area contributed by atoms with Gasteiger partial charge in [-0.2, -0.15) is 0 Å². The Balaban J connectivity index is 1.53. The van der Waals surface area contributed by atoms with Crippen molar-refractivity contribution in [3.63, 3.8) is 0 Å². The van der Waals surface area contributed by atoms with Crippen LogP contribution in [0.5, 0.6) is 5.75 Å². The normalized spacial score (nSPS) is 15.2. The number of hydrogen-bond donors (Lipinski definition) is 1. The van der Waals surface area contributed by atoms with Crippen molar-refractivity contribution in [3.8, 4) is 16.3 Å². The van der Waals surface area contributed by atoms with Gasteiger partial charge in [-0.1, -0.05) is 11.6 Å². The maximum atomic E-state index is 11.7. The highest BCUT2D eigenvalue weighted by atomic mass is 35.5. The lowest BCUT2D eigenvalue weighted by Gasteiger charge is -2.32. The van der Waals surface area contributed by atoms with Crippen LogP contribution >= 0.6 is 22.9 Å². The molecule has 0 aliphatic carbocycles.